The molecule has 0 aromatic carbocycles. The highest BCUT2D eigenvalue weighted by atomic mass is 35.5. The highest BCUT2D eigenvalue weighted by molar-refractivity contribution is 7.89. The third kappa shape index (κ3) is 3.28. The molecule has 2 aromatic rings. The van der Waals surface area contributed by atoms with Crippen LogP contribution in [0, 0.1) is 0 Å². The fourth-order valence-electron chi connectivity index (χ4n) is 1.34. The van der Waals surface area contributed by atoms with Crippen molar-refractivity contribution in [1.29, 1.82) is 0 Å². The molecule has 2 rings (SSSR count). The van der Waals surface area contributed by atoms with Crippen LogP contribution in [0.5, 0.6) is 0 Å². The van der Waals surface area contributed by atoms with Crippen LogP contribution in [0.25, 0.3) is 5.82 Å². The number of halogens is 1. The Kier molecular flexibility index (Phi) is 4.13. The molecule has 19 heavy (non-hydrogen) atoms. The van der Waals surface area contributed by atoms with Crippen molar-refractivity contribution in [2.75, 3.05) is 6.54 Å². The molecule has 2 aromatic heterocycles. The smallest absolute Gasteiger partial charge is 0.226 e. The predicted molar refractivity (Wildman–Crippen MR) is 69.6 cm³/mol. The second-order valence-corrected chi connectivity index (χ2v) is 5.81. The minimum Gasteiger partial charge on any atom is -0.226 e. The van der Waals surface area contributed by atoms with E-state index in [1.54, 1.807) is 6.07 Å². The molecule has 0 amide bonds. The van der Waals surface area contributed by atoms with Crippen molar-refractivity contribution in [2.24, 2.45) is 0 Å². The van der Waals surface area contributed by atoms with Gasteiger partial charge < -0.3 is 0 Å². The predicted octanol–water partition coefficient (Wildman–Crippen LogP) is 1.00. The molecular weight excluding hydrogens is 290 g/mol. The van der Waals surface area contributed by atoms with Crippen molar-refractivity contribution < 1.29 is 8.42 Å². The zero-order chi connectivity index (χ0) is 13.9. The molecule has 0 atom stereocenters. The largest absolute Gasteiger partial charge is 0.243 e. The zero-order valence-electron chi connectivity index (χ0n) is 10.1. The summed E-state index contributed by atoms with van der Waals surface area (Å²) in [6, 6.07) is 1.58. The lowest BCUT2D eigenvalue weighted by atomic mass is 10.5. The molecule has 0 spiro atoms. The van der Waals surface area contributed by atoms with Gasteiger partial charge in [-0.25, -0.2) is 22.8 Å². The Bertz CT molecular complexity index is 670. The molecule has 102 valence electrons. The first-order valence-electron chi connectivity index (χ1n) is 5.56. The summed E-state index contributed by atoms with van der Waals surface area (Å²) < 4.78 is 27.5. The van der Waals surface area contributed by atoms with Gasteiger partial charge >= 0.3 is 0 Å². The van der Waals surface area contributed by atoms with Crippen molar-refractivity contribution in [2.45, 2.75) is 18.2 Å². The molecule has 2 heterocycles. The van der Waals surface area contributed by atoms with Crippen LogP contribution in [0.4, 0.5) is 0 Å². The Morgan fingerprint density at radius 1 is 1.47 bits per heavy atom. The van der Waals surface area contributed by atoms with Crippen molar-refractivity contribution in [3.63, 3.8) is 0 Å². The monoisotopic (exact) mass is 301 g/mol. The Balaban J connectivity index is 2.29. The van der Waals surface area contributed by atoms with Gasteiger partial charge in [0, 0.05) is 18.8 Å². The van der Waals surface area contributed by atoms with Crippen LogP contribution >= 0.6 is 11.6 Å². The molecule has 0 radical (unpaired) electrons. The molecule has 9 heteroatoms. The third-order valence-electron chi connectivity index (χ3n) is 2.26. The SMILES string of the molecule is CCCNS(=O)(=O)c1cnn(-c2ccnc(Cl)n2)c1. The maximum absolute atomic E-state index is 11.9. The van der Waals surface area contributed by atoms with Gasteiger partial charge in [-0.1, -0.05) is 6.92 Å². The highest BCUT2D eigenvalue weighted by Gasteiger charge is 2.16. The summed E-state index contributed by atoms with van der Waals surface area (Å²) in [5, 5.41) is 4.02. The fraction of sp³-hybridized carbons (Fsp3) is 0.300. The number of aromatic nitrogens is 4. The lowest BCUT2D eigenvalue weighted by Gasteiger charge is -2.02. The molecule has 1 N–H and O–H groups in total. The van der Waals surface area contributed by atoms with Crippen LogP contribution in [-0.4, -0.2) is 34.7 Å². The first kappa shape index (κ1) is 13.9. The topological polar surface area (TPSA) is 89.8 Å². The summed E-state index contributed by atoms with van der Waals surface area (Å²) in [7, 11) is -3.53. The standard InChI is InChI=1S/C10H12ClN5O2S/c1-2-4-14-19(17,18)8-6-13-16(7-8)9-3-5-12-10(11)15-9/h3,5-7,14H,2,4H2,1H3. The van der Waals surface area contributed by atoms with Crippen molar-refractivity contribution in [3.05, 3.63) is 29.9 Å². The van der Waals surface area contributed by atoms with E-state index in [0.717, 1.165) is 6.42 Å². The fourth-order valence-corrected chi connectivity index (χ4v) is 2.55. The van der Waals surface area contributed by atoms with Crippen molar-refractivity contribution >= 4 is 21.6 Å². The number of hydrogen-bond acceptors (Lipinski definition) is 5. The second-order valence-electron chi connectivity index (χ2n) is 3.70. The molecule has 0 saturated carbocycles. The molecule has 0 aliphatic carbocycles. The number of nitrogens with one attached hydrogen (secondary N) is 1. The lowest BCUT2D eigenvalue weighted by molar-refractivity contribution is 0.581. The first-order valence-corrected chi connectivity index (χ1v) is 7.42. The van der Waals surface area contributed by atoms with Crippen LogP contribution in [0.1, 0.15) is 13.3 Å². The molecule has 0 aliphatic rings. The van der Waals surface area contributed by atoms with E-state index in [9.17, 15) is 8.42 Å². The van der Waals surface area contributed by atoms with E-state index in [1.165, 1.54) is 23.3 Å². The van der Waals surface area contributed by atoms with E-state index in [4.69, 9.17) is 11.6 Å². The van der Waals surface area contributed by atoms with Gasteiger partial charge in [-0.15, -0.1) is 0 Å². The van der Waals surface area contributed by atoms with Crippen LogP contribution in [0.15, 0.2) is 29.6 Å². The number of rotatable bonds is 5. The molecular formula is C10H12ClN5O2S. The van der Waals surface area contributed by atoms with Gasteiger partial charge in [-0.05, 0) is 18.0 Å². The summed E-state index contributed by atoms with van der Waals surface area (Å²) in [6.45, 7) is 2.27. The number of nitrogens with zero attached hydrogens (tertiary/aromatic N) is 4. The lowest BCUT2D eigenvalue weighted by Crippen LogP contribution is -2.23. The normalized spacial score (nSPS) is 11.7. The third-order valence-corrected chi connectivity index (χ3v) is 3.86. The quantitative estimate of drug-likeness (QED) is 0.832. The summed E-state index contributed by atoms with van der Waals surface area (Å²) in [5.41, 5.74) is 0. The van der Waals surface area contributed by atoms with Gasteiger partial charge in [0.25, 0.3) is 0 Å². The second kappa shape index (κ2) is 5.64. The number of hydrogen-bond donors (Lipinski definition) is 1. The van der Waals surface area contributed by atoms with E-state index < -0.39 is 10.0 Å². The maximum Gasteiger partial charge on any atom is 0.243 e. The van der Waals surface area contributed by atoms with E-state index in [1.807, 2.05) is 6.92 Å². The van der Waals surface area contributed by atoms with Gasteiger partial charge in [0.1, 0.15) is 4.90 Å². The van der Waals surface area contributed by atoms with E-state index in [0.29, 0.717) is 12.4 Å². The molecule has 0 bridgehead atoms. The summed E-state index contributed by atoms with van der Waals surface area (Å²) >= 11 is 5.67. The molecule has 0 saturated heterocycles. The van der Waals surface area contributed by atoms with Gasteiger partial charge in [-0.3, -0.25) is 0 Å². The molecule has 0 unspecified atom stereocenters. The van der Waals surface area contributed by atoms with Crippen LogP contribution in [0.2, 0.25) is 5.28 Å². The Morgan fingerprint density at radius 3 is 2.95 bits per heavy atom. The molecule has 7 nitrogen and oxygen atoms in total. The van der Waals surface area contributed by atoms with Crippen LogP contribution in [0.3, 0.4) is 0 Å². The average Bonchev–Trinajstić information content (AvgIpc) is 2.87. The van der Waals surface area contributed by atoms with Gasteiger partial charge in [0.2, 0.25) is 15.3 Å². The van der Waals surface area contributed by atoms with E-state index >= 15 is 0 Å². The van der Waals surface area contributed by atoms with Gasteiger partial charge in [0.05, 0.1) is 12.4 Å². The Labute approximate surface area is 115 Å². The van der Waals surface area contributed by atoms with E-state index in [-0.39, 0.29) is 10.2 Å². The van der Waals surface area contributed by atoms with Crippen LogP contribution in [-0.2, 0) is 10.0 Å². The summed E-state index contributed by atoms with van der Waals surface area (Å²) in [6.07, 6.45) is 4.81. The maximum atomic E-state index is 11.9. The molecule has 0 fully saturated rings. The number of sulfonamides is 1. The van der Waals surface area contributed by atoms with Gasteiger partial charge in [0.15, 0.2) is 5.82 Å². The van der Waals surface area contributed by atoms with Crippen molar-refractivity contribution in [1.82, 2.24) is 24.5 Å². The minimum atomic E-state index is -3.53. The average molecular weight is 302 g/mol. The summed E-state index contributed by atoms with van der Waals surface area (Å²) in [4.78, 5) is 7.76. The Morgan fingerprint density at radius 2 is 2.26 bits per heavy atom. The minimum absolute atomic E-state index is 0.0708. The van der Waals surface area contributed by atoms with E-state index in [2.05, 4.69) is 19.8 Å². The zero-order valence-corrected chi connectivity index (χ0v) is 11.7. The molecule has 0 aliphatic heterocycles. The van der Waals surface area contributed by atoms with Crippen molar-refractivity contribution in [3.8, 4) is 5.82 Å². The van der Waals surface area contributed by atoms with Crippen LogP contribution < -0.4 is 4.72 Å². The first-order chi connectivity index (χ1) is 9.03. The highest BCUT2D eigenvalue weighted by Crippen LogP contribution is 2.11. The van der Waals surface area contributed by atoms with Gasteiger partial charge in [-0.2, -0.15) is 10.1 Å². The summed E-state index contributed by atoms with van der Waals surface area (Å²) in [5.74, 6) is 0.400. The Hall–Kier alpha value is -1.51.